The molecule has 2 amide bonds. The van der Waals surface area contributed by atoms with Gasteiger partial charge in [-0.15, -0.1) is 0 Å². The first-order valence-electron chi connectivity index (χ1n) is 6.94. The number of fused-ring (bicyclic) bond motifs is 1. The lowest BCUT2D eigenvalue weighted by Crippen LogP contribution is -2.48. The molecule has 1 aromatic rings. The van der Waals surface area contributed by atoms with Gasteiger partial charge in [-0.05, 0) is 17.5 Å². The van der Waals surface area contributed by atoms with E-state index in [1.54, 1.807) is 0 Å². The maximum absolute atomic E-state index is 12.5. The molecule has 2 rings (SSSR count). The molecule has 0 saturated carbocycles. The number of carbonyl (C=O) groups is 2. The van der Waals surface area contributed by atoms with Gasteiger partial charge in [0, 0.05) is 12.2 Å². The highest BCUT2D eigenvalue weighted by atomic mass is 16.2. The monoisotopic (exact) mass is 275 g/mol. The second-order valence-corrected chi connectivity index (χ2v) is 5.35. The van der Waals surface area contributed by atoms with Crippen LogP contribution >= 0.6 is 0 Å². The van der Waals surface area contributed by atoms with E-state index in [4.69, 9.17) is 5.73 Å². The third kappa shape index (κ3) is 2.99. The summed E-state index contributed by atoms with van der Waals surface area (Å²) < 4.78 is 0. The highest BCUT2D eigenvalue weighted by Gasteiger charge is 2.34. The summed E-state index contributed by atoms with van der Waals surface area (Å²) >= 11 is 0. The molecule has 0 radical (unpaired) electrons. The zero-order valence-electron chi connectivity index (χ0n) is 11.9. The lowest BCUT2D eigenvalue weighted by molar-refractivity contribution is -0.126. The minimum atomic E-state index is -0.412. The average Bonchev–Trinajstić information content (AvgIpc) is 2.52. The SMILES string of the molecule is CC[C@H](C)C1C(=O)Nc2ccccc2CN1CC(N)=O. The summed E-state index contributed by atoms with van der Waals surface area (Å²) in [5.41, 5.74) is 7.16. The van der Waals surface area contributed by atoms with Crippen LogP contribution in [0.5, 0.6) is 0 Å². The van der Waals surface area contributed by atoms with Crippen LogP contribution in [0.15, 0.2) is 24.3 Å². The molecular formula is C15H21N3O2. The van der Waals surface area contributed by atoms with Crippen molar-refractivity contribution in [2.75, 3.05) is 11.9 Å². The minimum Gasteiger partial charge on any atom is -0.369 e. The van der Waals surface area contributed by atoms with Gasteiger partial charge in [0.25, 0.3) is 0 Å². The first-order chi connectivity index (χ1) is 9.52. The van der Waals surface area contributed by atoms with Crippen LogP contribution in [-0.4, -0.2) is 29.3 Å². The highest BCUT2D eigenvalue weighted by molar-refractivity contribution is 5.96. The lowest BCUT2D eigenvalue weighted by atomic mass is 9.96. The molecule has 0 aromatic heterocycles. The summed E-state index contributed by atoms with van der Waals surface area (Å²) in [7, 11) is 0. The molecule has 108 valence electrons. The Bertz CT molecular complexity index is 516. The lowest BCUT2D eigenvalue weighted by Gasteiger charge is -2.31. The minimum absolute atomic E-state index is 0.0643. The molecule has 1 heterocycles. The molecule has 1 aromatic carbocycles. The average molecular weight is 275 g/mol. The number of amides is 2. The van der Waals surface area contributed by atoms with E-state index in [0.717, 1.165) is 17.7 Å². The Morgan fingerprint density at radius 1 is 1.50 bits per heavy atom. The molecule has 0 aliphatic carbocycles. The molecule has 0 spiro atoms. The van der Waals surface area contributed by atoms with E-state index in [2.05, 4.69) is 5.32 Å². The van der Waals surface area contributed by atoms with Crippen molar-refractivity contribution >= 4 is 17.5 Å². The van der Waals surface area contributed by atoms with Crippen molar-refractivity contribution in [2.24, 2.45) is 11.7 Å². The predicted octanol–water partition coefficient (Wildman–Crippen LogP) is 1.34. The molecule has 20 heavy (non-hydrogen) atoms. The Morgan fingerprint density at radius 2 is 2.20 bits per heavy atom. The number of primary amides is 1. The van der Waals surface area contributed by atoms with Gasteiger partial charge in [-0.3, -0.25) is 14.5 Å². The van der Waals surface area contributed by atoms with Gasteiger partial charge in [0.15, 0.2) is 0 Å². The number of hydrogen-bond acceptors (Lipinski definition) is 3. The third-order valence-corrected chi connectivity index (χ3v) is 3.85. The van der Waals surface area contributed by atoms with Crippen LogP contribution in [0.4, 0.5) is 5.69 Å². The van der Waals surface area contributed by atoms with Crippen molar-refractivity contribution in [3.8, 4) is 0 Å². The Balaban J connectivity index is 2.37. The summed E-state index contributed by atoms with van der Waals surface area (Å²) in [6, 6.07) is 7.33. The van der Waals surface area contributed by atoms with Crippen molar-refractivity contribution in [1.82, 2.24) is 4.90 Å². The van der Waals surface area contributed by atoms with Crippen molar-refractivity contribution in [1.29, 1.82) is 0 Å². The molecule has 5 heteroatoms. The maximum atomic E-state index is 12.5. The van der Waals surface area contributed by atoms with E-state index >= 15 is 0 Å². The van der Waals surface area contributed by atoms with Crippen LogP contribution in [0, 0.1) is 5.92 Å². The van der Waals surface area contributed by atoms with E-state index in [9.17, 15) is 9.59 Å². The number of hydrogen-bond donors (Lipinski definition) is 2. The zero-order chi connectivity index (χ0) is 14.7. The summed E-state index contributed by atoms with van der Waals surface area (Å²) in [5.74, 6) is -0.320. The number of nitrogens with zero attached hydrogens (tertiary/aromatic N) is 1. The second kappa shape index (κ2) is 6.05. The third-order valence-electron chi connectivity index (χ3n) is 3.85. The van der Waals surface area contributed by atoms with Gasteiger partial charge < -0.3 is 11.1 Å². The zero-order valence-corrected chi connectivity index (χ0v) is 11.9. The number of anilines is 1. The van der Waals surface area contributed by atoms with Gasteiger partial charge >= 0.3 is 0 Å². The van der Waals surface area contributed by atoms with Gasteiger partial charge in [-0.25, -0.2) is 0 Å². The molecule has 2 atom stereocenters. The quantitative estimate of drug-likeness (QED) is 0.870. The van der Waals surface area contributed by atoms with Crippen LogP contribution in [0.3, 0.4) is 0 Å². The summed E-state index contributed by atoms with van der Waals surface area (Å²) in [5, 5.41) is 2.96. The Kier molecular flexibility index (Phi) is 4.39. The van der Waals surface area contributed by atoms with Crippen LogP contribution in [-0.2, 0) is 16.1 Å². The molecule has 5 nitrogen and oxygen atoms in total. The van der Waals surface area contributed by atoms with Crippen LogP contribution < -0.4 is 11.1 Å². The van der Waals surface area contributed by atoms with E-state index < -0.39 is 5.91 Å². The fourth-order valence-corrected chi connectivity index (χ4v) is 2.67. The smallest absolute Gasteiger partial charge is 0.242 e. The van der Waals surface area contributed by atoms with Crippen molar-refractivity contribution in [3.05, 3.63) is 29.8 Å². The first-order valence-corrected chi connectivity index (χ1v) is 6.94. The first kappa shape index (κ1) is 14.5. The Morgan fingerprint density at radius 3 is 2.85 bits per heavy atom. The van der Waals surface area contributed by atoms with Crippen molar-refractivity contribution in [2.45, 2.75) is 32.9 Å². The summed E-state index contributed by atoms with van der Waals surface area (Å²) in [4.78, 5) is 25.6. The van der Waals surface area contributed by atoms with Gasteiger partial charge in [0.05, 0.1) is 12.6 Å². The largest absolute Gasteiger partial charge is 0.369 e. The highest BCUT2D eigenvalue weighted by Crippen LogP contribution is 2.26. The van der Waals surface area contributed by atoms with Crippen LogP contribution in [0.25, 0.3) is 0 Å². The van der Waals surface area contributed by atoms with Gasteiger partial charge in [-0.1, -0.05) is 38.5 Å². The molecule has 0 fully saturated rings. The van der Waals surface area contributed by atoms with Gasteiger partial charge in [0.1, 0.15) is 0 Å². The van der Waals surface area contributed by atoms with E-state index in [1.807, 2.05) is 43.0 Å². The van der Waals surface area contributed by atoms with Gasteiger partial charge in [0.2, 0.25) is 11.8 Å². The molecule has 1 aliphatic heterocycles. The standard InChI is InChI=1S/C15H21N3O2/c1-3-10(2)14-15(20)17-12-7-5-4-6-11(12)8-18(14)9-13(16)19/h4-7,10,14H,3,8-9H2,1-2H3,(H2,16,19)(H,17,20)/t10-,14?/m0/s1. The predicted molar refractivity (Wildman–Crippen MR) is 77.9 cm³/mol. The topological polar surface area (TPSA) is 75.4 Å². The molecule has 0 saturated heterocycles. The van der Waals surface area contributed by atoms with Crippen molar-refractivity contribution in [3.63, 3.8) is 0 Å². The molecule has 0 bridgehead atoms. The number of nitrogens with two attached hydrogens (primary N) is 1. The fourth-order valence-electron chi connectivity index (χ4n) is 2.67. The second-order valence-electron chi connectivity index (χ2n) is 5.35. The number of para-hydroxylation sites is 1. The van der Waals surface area contributed by atoms with Crippen LogP contribution in [0.1, 0.15) is 25.8 Å². The van der Waals surface area contributed by atoms with E-state index in [1.165, 1.54) is 0 Å². The number of rotatable bonds is 4. The summed E-state index contributed by atoms with van der Waals surface area (Å²) in [6.45, 7) is 4.70. The van der Waals surface area contributed by atoms with Crippen molar-refractivity contribution < 1.29 is 9.59 Å². The molecular weight excluding hydrogens is 254 g/mol. The number of carbonyl (C=O) groups excluding carboxylic acids is 2. The maximum Gasteiger partial charge on any atom is 0.242 e. The normalized spacial score (nSPS) is 20.7. The van der Waals surface area contributed by atoms with E-state index in [-0.39, 0.29) is 24.4 Å². The molecule has 1 unspecified atom stereocenters. The van der Waals surface area contributed by atoms with E-state index in [0.29, 0.717) is 6.54 Å². The number of nitrogens with one attached hydrogen (secondary N) is 1. The van der Waals surface area contributed by atoms with Crippen LogP contribution in [0.2, 0.25) is 0 Å². The Hall–Kier alpha value is -1.88. The number of benzene rings is 1. The molecule has 3 N–H and O–H groups in total. The van der Waals surface area contributed by atoms with Gasteiger partial charge in [-0.2, -0.15) is 0 Å². The molecule has 1 aliphatic rings. The fraction of sp³-hybridized carbons (Fsp3) is 0.467. The Labute approximate surface area is 119 Å². The summed E-state index contributed by atoms with van der Waals surface area (Å²) in [6.07, 6.45) is 0.865.